The lowest BCUT2D eigenvalue weighted by molar-refractivity contribution is -0.0563. The lowest BCUT2D eigenvalue weighted by atomic mass is 10.2. The van der Waals surface area contributed by atoms with Gasteiger partial charge < -0.3 is 4.74 Å². The van der Waals surface area contributed by atoms with E-state index in [1.165, 1.54) is 57.1 Å². The molecule has 0 aromatic heterocycles. The number of piperazine rings is 1. The first-order valence-corrected chi connectivity index (χ1v) is 13.3. The van der Waals surface area contributed by atoms with Crippen LogP contribution in [0, 0.1) is 5.92 Å². The molecule has 11 heteroatoms. The highest BCUT2D eigenvalue weighted by Gasteiger charge is 2.40. The highest BCUT2D eigenvalue weighted by Crippen LogP contribution is 2.27. The molecule has 1 unspecified atom stereocenters. The standard InChI is InChI=1S/C20H24Cl2N2O5S2/c1-15(2)14-29-20-13-23(30(25,26)18-7-3-16(21)4-8-18)11-12-24(20)31(27,28)19-9-5-17(22)6-10-19/h3-10,15,20H,11-14H2,1-2H3. The van der Waals surface area contributed by atoms with Crippen LogP contribution in [0.1, 0.15) is 13.8 Å². The normalized spacial score (nSPS) is 19.1. The SMILES string of the molecule is CC(C)COC1CN(S(=O)(=O)c2ccc(Cl)cc2)CCN1S(=O)(=O)c1ccc(Cl)cc1. The van der Waals surface area contributed by atoms with Crippen molar-refractivity contribution in [2.75, 3.05) is 26.2 Å². The lowest BCUT2D eigenvalue weighted by Crippen LogP contribution is -2.57. The molecule has 2 aromatic carbocycles. The van der Waals surface area contributed by atoms with Gasteiger partial charge in [-0.3, -0.25) is 0 Å². The van der Waals surface area contributed by atoms with Crippen molar-refractivity contribution >= 4 is 43.2 Å². The van der Waals surface area contributed by atoms with Gasteiger partial charge in [0.1, 0.15) is 6.23 Å². The van der Waals surface area contributed by atoms with Gasteiger partial charge in [0.25, 0.3) is 0 Å². The van der Waals surface area contributed by atoms with E-state index in [2.05, 4.69) is 0 Å². The van der Waals surface area contributed by atoms with Crippen molar-refractivity contribution < 1.29 is 21.6 Å². The van der Waals surface area contributed by atoms with E-state index >= 15 is 0 Å². The minimum Gasteiger partial charge on any atom is -0.360 e. The summed E-state index contributed by atoms with van der Waals surface area (Å²) in [7, 11) is -7.74. The lowest BCUT2D eigenvalue weighted by Gasteiger charge is -2.39. The molecule has 0 radical (unpaired) electrons. The molecule has 1 fully saturated rings. The zero-order valence-corrected chi connectivity index (χ0v) is 20.3. The molecular weight excluding hydrogens is 483 g/mol. The van der Waals surface area contributed by atoms with Gasteiger partial charge >= 0.3 is 0 Å². The van der Waals surface area contributed by atoms with E-state index < -0.39 is 26.3 Å². The number of halogens is 2. The van der Waals surface area contributed by atoms with Crippen LogP contribution < -0.4 is 0 Å². The fraction of sp³-hybridized carbons (Fsp3) is 0.400. The van der Waals surface area contributed by atoms with E-state index in [0.717, 1.165) is 0 Å². The van der Waals surface area contributed by atoms with Gasteiger partial charge in [-0.05, 0) is 54.4 Å². The van der Waals surface area contributed by atoms with Crippen LogP contribution in [-0.2, 0) is 24.8 Å². The van der Waals surface area contributed by atoms with E-state index in [1.807, 2.05) is 13.8 Å². The first-order chi connectivity index (χ1) is 14.5. The Morgan fingerprint density at radius 1 is 0.871 bits per heavy atom. The van der Waals surface area contributed by atoms with Crippen LogP contribution in [0.25, 0.3) is 0 Å². The van der Waals surface area contributed by atoms with Crippen LogP contribution in [0.3, 0.4) is 0 Å². The smallest absolute Gasteiger partial charge is 0.245 e. The van der Waals surface area contributed by atoms with Crippen LogP contribution in [0.15, 0.2) is 58.3 Å². The molecule has 2 aromatic rings. The molecule has 0 N–H and O–H groups in total. The van der Waals surface area contributed by atoms with E-state index in [9.17, 15) is 16.8 Å². The number of ether oxygens (including phenoxy) is 1. The zero-order chi connectivity index (χ0) is 22.8. The number of hydrogen-bond donors (Lipinski definition) is 0. The van der Waals surface area contributed by atoms with Crippen LogP contribution in [0.5, 0.6) is 0 Å². The topological polar surface area (TPSA) is 84.0 Å². The molecule has 1 saturated heterocycles. The van der Waals surface area contributed by atoms with Gasteiger partial charge in [-0.25, -0.2) is 16.8 Å². The molecule has 0 amide bonds. The van der Waals surface area contributed by atoms with Crippen molar-refractivity contribution in [3.63, 3.8) is 0 Å². The van der Waals surface area contributed by atoms with E-state index in [4.69, 9.17) is 27.9 Å². The third kappa shape index (κ3) is 5.60. The predicted molar refractivity (Wildman–Crippen MR) is 120 cm³/mol. The summed E-state index contributed by atoms with van der Waals surface area (Å²) < 4.78 is 61.0. The summed E-state index contributed by atoms with van der Waals surface area (Å²) in [4.78, 5) is 0.164. The summed E-state index contributed by atoms with van der Waals surface area (Å²) in [5.41, 5.74) is 0. The Balaban J connectivity index is 1.89. The van der Waals surface area contributed by atoms with Gasteiger partial charge in [0.15, 0.2) is 0 Å². The molecule has 3 rings (SSSR count). The minimum atomic E-state index is -3.90. The monoisotopic (exact) mass is 506 g/mol. The summed E-state index contributed by atoms with van der Waals surface area (Å²) in [6.07, 6.45) is -0.959. The summed E-state index contributed by atoms with van der Waals surface area (Å²) in [5, 5.41) is 0.849. The van der Waals surface area contributed by atoms with Crippen LogP contribution in [0.2, 0.25) is 10.0 Å². The number of benzene rings is 2. The first-order valence-electron chi connectivity index (χ1n) is 9.66. The molecule has 170 valence electrons. The van der Waals surface area contributed by atoms with Crippen LogP contribution in [-0.4, -0.2) is 57.9 Å². The molecule has 0 aliphatic carbocycles. The fourth-order valence-corrected chi connectivity index (χ4v) is 6.33. The predicted octanol–water partition coefficient (Wildman–Crippen LogP) is 3.69. The second-order valence-electron chi connectivity index (χ2n) is 7.57. The first kappa shape index (κ1) is 24.4. The molecule has 0 spiro atoms. The number of nitrogens with zero attached hydrogens (tertiary/aromatic N) is 2. The molecule has 1 aliphatic heterocycles. The molecule has 0 saturated carbocycles. The van der Waals surface area contributed by atoms with E-state index in [-0.39, 0.29) is 42.0 Å². The Bertz CT molecular complexity index is 1110. The molecule has 0 bridgehead atoms. The van der Waals surface area contributed by atoms with Gasteiger partial charge in [0.05, 0.1) is 22.9 Å². The number of hydrogen-bond acceptors (Lipinski definition) is 5. The van der Waals surface area contributed by atoms with Gasteiger partial charge in [-0.2, -0.15) is 8.61 Å². The third-order valence-corrected chi connectivity index (χ3v) is 9.03. The summed E-state index contributed by atoms with van der Waals surface area (Å²) in [6.45, 7) is 3.99. The average Bonchev–Trinajstić information content (AvgIpc) is 2.72. The Morgan fingerprint density at radius 2 is 1.35 bits per heavy atom. The second-order valence-corrected chi connectivity index (χ2v) is 12.3. The molecule has 7 nitrogen and oxygen atoms in total. The van der Waals surface area contributed by atoms with Gasteiger partial charge in [-0.1, -0.05) is 37.0 Å². The van der Waals surface area contributed by atoms with Crippen molar-refractivity contribution in [1.29, 1.82) is 0 Å². The third-order valence-electron chi connectivity index (χ3n) is 4.74. The zero-order valence-electron chi connectivity index (χ0n) is 17.1. The van der Waals surface area contributed by atoms with Crippen molar-refractivity contribution in [3.05, 3.63) is 58.6 Å². The van der Waals surface area contributed by atoms with Crippen molar-refractivity contribution in [2.45, 2.75) is 29.9 Å². The van der Waals surface area contributed by atoms with Crippen molar-refractivity contribution in [2.24, 2.45) is 5.92 Å². The van der Waals surface area contributed by atoms with Crippen molar-refractivity contribution in [3.8, 4) is 0 Å². The molecule has 1 heterocycles. The van der Waals surface area contributed by atoms with E-state index in [0.29, 0.717) is 10.0 Å². The number of rotatable bonds is 7. The summed E-state index contributed by atoms with van der Waals surface area (Å²) in [5.74, 6) is 0.142. The summed E-state index contributed by atoms with van der Waals surface area (Å²) >= 11 is 11.8. The maximum atomic E-state index is 13.2. The fourth-order valence-electron chi connectivity index (χ4n) is 3.14. The number of sulfonamides is 2. The second kappa shape index (κ2) is 9.74. The molecule has 1 atom stereocenters. The van der Waals surface area contributed by atoms with E-state index in [1.54, 1.807) is 0 Å². The minimum absolute atomic E-state index is 0.000677. The highest BCUT2D eigenvalue weighted by atomic mass is 35.5. The maximum Gasteiger partial charge on any atom is 0.245 e. The van der Waals surface area contributed by atoms with Crippen LogP contribution >= 0.6 is 23.2 Å². The van der Waals surface area contributed by atoms with Gasteiger partial charge in [0.2, 0.25) is 20.0 Å². The average molecular weight is 507 g/mol. The van der Waals surface area contributed by atoms with Crippen LogP contribution in [0.4, 0.5) is 0 Å². The quantitative estimate of drug-likeness (QED) is 0.571. The maximum absolute atomic E-state index is 13.2. The molecule has 31 heavy (non-hydrogen) atoms. The largest absolute Gasteiger partial charge is 0.360 e. The van der Waals surface area contributed by atoms with Crippen molar-refractivity contribution in [1.82, 2.24) is 8.61 Å². The van der Waals surface area contributed by atoms with Gasteiger partial charge in [0, 0.05) is 23.1 Å². The Morgan fingerprint density at radius 3 is 1.84 bits per heavy atom. The Hall–Kier alpha value is -1.20. The van der Waals surface area contributed by atoms with Gasteiger partial charge in [-0.15, -0.1) is 0 Å². The highest BCUT2D eigenvalue weighted by molar-refractivity contribution is 7.89. The Labute approximate surface area is 193 Å². The molecule has 1 aliphatic rings. The summed E-state index contributed by atoms with van der Waals surface area (Å²) in [6, 6.07) is 11.7. The Kier molecular flexibility index (Phi) is 7.68. The molecular formula is C20H24Cl2N2O5S2.